The molecule has 0 spiro atoms. The van der Waals surface area contributed by atoms with Crippen LogP contribution in [-0.4, -0.2) is 30.3 Å². The molecule has 0 aliphatic carbocycles. The van der Waals surface area contributed by atoms with Gasteiger partial charge in [0.25, 0.3) is 0 Å². The third kappa shape index (κ3) is 3.77. The third-order valence-electron chi connectivity index (χ3n) is 3.78. The van der Waals surface area contributed by atoms with Gasteiger partial charge in [0.1, 0.15) is 5.76 Å². The van der Waals surface area contributed by atoms with E-state index in [0.717, 1.165) is 12.1 Å². The number of carbonyl (C=O) groups is 1. The van der Waals surface area contributed by atoms with Gasteiger partial charge in [-0.15, -0.1) is 0 Å². The Bertz CT molecular complexity index is 735. The highest BCUT2D eigenvalue weighted by Gasteiger charge is 2.30. The van der Waals surface area contributed by atoms with Gasteiger partial charge in [-0.2, -0.15) is 0 Å². The van der Waals surface area contributed by atoms with Crippen LogP contribution in [0.15, 0.2) is 28.8 Å². The maximum absolute atomic E-state index is 13.4. The molecule has 3 rings (SSSR count). The molecule has 2 N–H and O–H groups in total. The van der Waals surface area contributed by atoms with Crippen LogP contribution in [0.25, 0.3) is 0 Å². The van der Waals surface area contributed by atoms with Crippen LogP contribution in [0.4, 0.5) is 14.6 Å². The molecule has 0 unspecified atom stereocenters. The summed E-state index contributed by atoms with van der Waals surface area (Å²) in [6.07, 6.45) is 0.238. The SMILES string of the molecule is Cc1cc(NC(=O)CN[C@@H]2CCO[C@H]2c2ccc(F)c(F)c2)no1. The van der Waals surface area contributed by atoms with Gasteiger partial charge >= 0.3 is 0 Å². The van der Waals surface area contributed by atoms with Crippen LogP contribution in [0.2, 0.25) is 0 Å². The zero-order valence-corrected chi connectivity index (χ0v) is 13.0. The zero-order valence-electron chi connectivity index (χ0n) is 13.0. The fraction of sp³-hybridized carbons (Fsp3) is 0.375. The van der Waals surface area contributed by atoms with Crippen molar-refractivity contribution in [2.75, 3.05) is 18.5 Å². The van der Waals surface area contributed by atoms with Crippen molar-refractivity contribution in [3.8, 4) is 0 Å². The number of carbonyl (C=O) groups excluding carboxylic acids is 1. The van der Waals surface area contributed by atoms with Gasteiger partial charge in [-0.05, 0) is 31.0 Å². The molecule has 1 amide bonds. The maximum atomic E-state index is 13.4. The summed E-state index contributed by atoms with van der Waals surface area (Å²) in [5.41, 5.74) is 0.538. The molecule has 1 aromatic carbocycles. The largest absolute Gasteiger partial charge is 0.372 e. The lowest BCUT2D eigenvalue weighted by molar-refractivity contribution is -0.115. The number of halogens is 2. The summed E-state index contributed by atoms with van der Waals surface area (Å²) in [5, 5.41) is 9.36. The van der Waals surface area contributed by atoms with Gasteiger partial charge in [-0.1, -0.05) is 11.2 Å². The van der Waals surface area contributed by atoms with Crippen molar-refractivity contribution in [2.24, 2.45) is 0 Å². The Morgan fingerprint density at radius 2 is 2.17 bits per heavy atom. The van der Waals surface area contributed by atoms with E-state index in [9.17, 15) is 13.6 Å². The normalized spacial score (nSPS) is 20.3. The fourth-order valence-corrected chi connectivity index (χ4v) is 2.65. The maximum Gasteiger partial charge on any atom is 0.239 e. The number of aromatic nitrogens is 1. The van der Waals surface area contributed by atoms with E-state index in [1.165, 1.54) is 6.07 Å². The smallest absolute Gasteiger partial charge is 0.239 e. The van der Waals surface area contributed by atoms with Gasteiger partial charge in [-0.25, -0.2) is 8.78 Å². The first-order chi connectivity index (χ1) is 11.5. The molecule has 8 heteroatoms. The van der Waals surface area contributed by atoms with Crippen molar-refractivity contribution in [3.63, 3.8) is 0 Å². The standard InChI is InChI=1S/C16H17F2N3O3/c1-9-6-14(21-24-9)20-15(22)8-19-13-4-5-23-16(13)10-2-3-11(17)12(18)7-10/h2-3,6-7,13,16,19H,4-5,8H2,1H3,(H,20,21,22)/t13-,16+/m1/s1. The summed E-state index contributed by atoms with van der Waals surface area (Å²) >= 11 is 0. The average molecular weight is 337 g/mol. The number of hydrogen-bond acceptors (Lipinski definition) is 5. The van der Waals surface area contributed by atoms with Gasteiger partial charge in [0.05, 0.1) is 12.6 Å². The molecule has 0 radical (unpaired) electrons. The number of aryl methyl sites for hydroxylation is 1. The second-order valence-corrected chi connectivity index (χ2v) is 5.61. The second-order valence-electron chi connectivity index (χ2n) is 5.61. The first-order valence-corrected chi connectivity index (χ1v) is 7.56. The highest BCUT2D eigenvalue weighted by molar-refractivity contribution is 5.91. The minimum atomic E-state index is -0.916. The van der Waals surface area contributed by atoms with Gasteiger partial charge in [0.15, 0.2) is 17.5 Å². The van der Waals surface area contributed by atoms with Crippen molar-refractivity contribution in [1.29, 1.82) is 0 Å². The summed E-state index contributed by atoms with van der Waals surface area (Å²) in [6, 6.07) is 5.13. The number of anilines is 1. The van der Waals surface area contributed by atoms with Crippen LogP contribution in [0.5, 0.6) is 0 Å². The topological polar surface area (TPSA) is 76.4 Å². The van der Waals surface area contributed by atoms with Crippen LogP contribution in [0.3, 0.4) is 0 Å². The molecule has 1 aliphatic heterocycles. The van der Waals surface area contributed by atoms with Crippen LogP contribution < -0.4 is 10.6 Å². The number of hydrogen-bond donors (Lipinski definition) is 2. The van der Waals surface area contributed by atoms with Crippen LogP contribution >= 0.6 is 0 Å². The molecule has 2 heterocycles. The van der Waals surface area contributed by atoms with Gasteiger partial charge in [-0.3, -0.25) is 4.79 Å². The van der Waals surface area contributed by atoms with Gasteiger partial charge < -0.3 is 19.9 Å². The molecule has 2 aromatic rings. The Labute approximate surface area is 137 Å². The van der Waals surface area contributed by atoms with Crippen molar-refractivity contribution in [2.45, 2.75) is 25.5 Å². The monoisotopic (exact) mass is 337 g/mol. The van der Waals surface area contributed by atoms with Gasteiger partial charge in [0, 0.05) is 18.7 Å². The molecule has 1 saturated heterocycles. The predicted octanol–water partition coefficient (Wildman–Crippen LogP) is 2.32. The Kier molecular flexibility index (Phi) is 4.86. The lowest BCUT2D eigenvalue weighted by Crippen LogP contribution is -2.37. The molecule has 128 valence electrons. The number of amides is 1. The summed E-state index contributed by atoms with van der Waals surface area (Å²) in [4.78, 5) is 11.9. The van der Waals surface area contributed by atoms with E-state index in [4.69, 9.17) is 9.26 Å². The molecular weight excluding hydrogens is 320 g/mol. The van der Waals surface area contributed by atoms with Crippen molar-refractivity contribution in [3.05, 3.63) is 47.2 Å². The number of rotatable bonds is 5. The zero-order chi connectivity index (χ0) is 17.1. The first kappa shape index (κ1) is 16.5. The first-order valence-electron chi connectivity index (χ1n) is 7.56. The van der Waals surface area contributed by atoms with Crippen molar-refractivity contribution < 1.29 is 22.8 Å². The van der Waals surface area contributed by atoms with Crippen LogP contribution in [-0.2, 0) is 9.53 Å². The fourth-order valence-electron chi connectivity index (χ4n) is 2.65. The third-order valence-corrected chi connectivity index (χ3v) is 3.78. The molecule has 1 aliphatic rings. The van der Waals surface area contributed by atoms with E-state index >= 15 is 0 Å². The van der Waals surface area contributed by atoms with E-state index in [1.807, 2.05) is 0 Å². The van der Waals surface area contributed by atoms with E-state index in [2.05, 4.69) is 15.8 Å². The molecule has 1 aromatic heterocycles. The summed E-state index contributed by atoms with van der Waals surface area (Å²) < 4.78 is 36.9. The summed E-state index contributed by atoms with van der Waals surface area (Å²) in [6.45, 7) is 2.24. The van der Waals surface area contributed by atoms with E-state index in [-0.39, 0.29) is 18.5 Å². The molecule has 24 heavy (non-hydrogen) atoms. The Hall–Kier alpha value is -2.32. The van der Waals surface area contributed by atoms with Crippen molar-refractivity contribution in [1.82, 2.24) is 10.5 Å². The molecule has 1 fully saturated rings. The predicted molar refractivity (Wildman–Crippen MR) is 81.3 cm³/mol. The van der Waals surface area contributed by atoms with Crippen LogP contribution in [0, 0.1) is 18.6 Å². The minimum Gasteiger partial charge on any atom is -0.372 e. The molecular formula is C16H17F2N3O3. The highest BCUT2D eigenvalue weighted by Crippen LogP contribution is 2.29. The lowest BCUT2D eigenvalue weighted by atomic mass is 10.0. The number of ether oxygens (including phenoxy) is 1. The Morgan fingerprint density at radius 3 is 2.88 bits per heavy atom. The minimum absolute atomic E-state index is 0.0418. The summed E-state index contributed by atoms with van der Waals surface area (Å²) in [7, 11) is 0. The molecule has 0 saturated carbocycles. The number of nitrogens with one attached hydrogen (secondary N) is 2. The molecule has 0 bridgehead atoms. The Morgan fingerprint density at radius 1 is 1.33 bits per heavy atom. The number of benzene rings is 1. The van der Waals surface area contributed by atoms with E-state index in [1.54, 1.807) is 13.0 Å². The highest BCUT2D eigenvalue weighted by atomic mass is 19.2. The van der Waals surface area contributed by atoms with Gasteiger partial charge in [0.2, 0.25) is 5.91 Å². The lowest BCUT2D eigenvalue weighted by Gasteiger charge is -2.20. The molecule has 6 nitrogen and oxygen atoms in total. The second kappa shape index (κ2) is 7.06. The molecule has 2 atom stereocenters. The van der Waals surface area contributed by atoms with Crippen molar-refractivity contribution >= 4 is 11.7 Å². The summed E-state index contributed by atoms with van der Waals surface area (Å²) in [5.74, 6) is -1.15. The van der Waals surface area contributed by atoms with E-state index in [0.29, 0.717) is 30.2 Å². The number of nitrogens with zero attached hydrogens (tertiary/aromatic N) is 1. The Balaban J connectivity index is 1.57. The van der Waals surface area contributed by atoms with E-state index < -0.39 is 17.7 Å². The quantitative estimate of drug-likeness (QED) is 0.876. The van der Waals surface area contributed by atoms with Crippen LogP contribution in [0.1, 0.15) is 23.8 Å². The average Bonchev–Trinajstić information content (AvgIpc) is 3.17.